The van der Waals surface area contributed by atoms with Gasteiger partial charge < -0.3 is 19.9 Å². The molecule has 0 aliphatic carbocycles. The number of ether oxygens (including phenoxy) is 2. The van der Waals surface area contributed by atoms with E-state index in [1.165, 1.54) is 12.2 Å². The van der Waals surface area contributed by atoms with Gasteiger partial charge in [0, 0.05) is 0 Å². The molecule has 16 heavy (non-hydrogen) atoms. The molecule has 0 aromatic carbocycles. The van der Waals surface area contributed by atoms with Gasteiger partial charge in [0.05, 0.1) is 6.61 Å². The molecule has 6 nitrogen and oxygen atoms in total. The van der Waals surface area contributed by atoms with Crippen LogP contribution in [0.4, 0.5) is 4.79 Å². The molecule has 0 spiro atoms. The zero-order chi connectivity index (χ0) is 12.4. The number of nitrogens with one attached hydrogen (secondary N) is 1. The zero-order valence-corrected chi connectivity index (χ0v) is 8.85. The number of carbonyl (C=O) groups excluding carboxylic acids is 2. The highest BCUT2D eigenvalue weighted by Crippen LogP contribution is 1.91. The fourth-order valence-corrected chi connectivity index (χ4v) is 0.739. The molecule has 0 saturated carbocycles. The molecule has 0 aromatic rings. The molecule has 0 saturated heterocycles. The molecular weight excluding hydrogens is 214 g/mol. The number of aliphatic hydroxyl groups is 1. The summed E-state index contributed by atoms with van der Waals surface area (Å²) in [5.41, 5.74) is 0. The highest BCUT2D eigenvalue weighted by Gasteiger charge is 2.21. The second-order valence-electron chi connectivity index (χ2n) is 2.69. The topological polar surface area (TPSA) is 84.9 Å². The van der Waals surface area contributed by atoms with Gasteiger partial charge in [0.1, 0.15) is 13.2 Å². The van der Waals surface area contributed by atoms with E-state index in [9.17, 15) is 9.59 Å². The number of hydrogen-bond donors (Lipinski definition) is 2. The Morgan fingerprint density at radius 2 is 1.81 bits per heavy atom. The van der Waals surface area contributed by atoms with Crippen molar-refractivity contribution in [3.05, 3.63) is 25.3 Å². The van der Waals surface area contributed by atoms with Crippen molar-refractivity contribution in [3.8, 4) is 0 Å². The largest absolute Gasteiger partial charge is 0.460 e. The first-order valence-electron chi connectivity index (χ1n) is 4.58. The molecule has 0 aliphatic rings. The zero-order valence-electron chi connectivity index (χ0n) is 8.85. The summed E-state index contributed by atoms with van der Waals surface area (Å²) in [4.78, 5) is 22.3. The van der Waals surface area contributed by atoms with E-state index in [4.69, 9.17) is 5.11 Å². The Morgan fingerprint density at radius 3 is 2.31 bits per heavy atom. The number of alkyl carbamates (subject to hydrolysis) is 1. The van der Waals surface area contributed by atoms with E-state index in [0.29, 0.717) is 0 Å². The van der Waals surface area contributed by atoms with Crippen molar-refractivity contribution in [1.29, 1.82) is 0 Å². The summed E-state index contributed by atoms with van der Waals surface area (Å²) in [5.74, 6) is -0.752. The number of rotatable bonds is 7. The third-order valence-corrected chi connectivity index (χ3v) is 1.43. The fraction of sp³-hybridized carbons (Fsp3) is 0.400. The summed E-state index contributed by atoms with van der Waals surface area (Å²) in [6.45, 7) is 6.17. The quantitative estimate of drug-likeness (QED) is 0.473. The normalized spacial score (nSPS) is 11.1. The summed E-state index contributed by atoms with van der Waals surface area (Å²) in [5, 5.41) is 11.0. The van der Waals surface area contributed by atoms with Crippen molar-refractivity contribution >= 4 is 12.1 Å². The van der Waals surface area contributed by atoms with Crippen LogP contribution in [0, 0.1) is 0 Å². The average molecular weight is 229 g/mol. The molecule has 0 bridgehead atoms. The maximum atomic E-state index is 11.2. The van der Waals surface area contributed by atoms with Gasteiger partial charge >= 0.3 is 12.1 Å². The SMILES string of the molecule is C=CCOC(=O)N[C@H](CO)C(=O)OCC=C. The molecule has 6 heteroatoms. The van der Waals surface area contributed by atoms with Crippen LogP contribution >= 0.6 is 0 Å². The van der Waals surface area contributed by atoms with Crippen LogP contribution in [0.5, 0.6) is 0 Å². The van der Waals surface area contributed by atoms with E-state index >= 15 is 0 Å². The van der Waals surface area contributed by atoms with E-state index in [0.717, 1.165) is 0 Å². The smallest absolute Gasteiger partial charge is 0.408 e. The number of amides is 1. The van der Waals surface area contributed by atoms with Crippen LogP contribution in [0.25, 0.3) is 0 Å². The summed E-state index contributed by atoms with van der Waals surface area (Å²) in [7, 11) is 0. The molecule has 1 amide bonds. The lowest BCUT2D eigenvalue weighted by Gasteiger charge is -2.14. The van der Waals surface area contributed by atoms with Gasteiger partial charge in [-0.05, 0) is 0 Å². The minimum absolute atomic E-state index is 0.0126. The van der Waals surface area contributed by atoms with E-state index in [-0.39, 0.29) is 13.2 Å². The lowest BCUT2D eigenvalue weighted by atomic mass is 10.3. The molecule has 0 radical (unpaired) electrons. The number of esters is 1. The Labute approximate surface area is 93.5 Å². The predicted molar refractivity (Wildman–Crippen MR) is 56.7 cm³/mol. The molecule has 1 atom stereocenters. The molecule has 2 N–H and O–H groups in total. The lowest BCUT2D eigenvalue weighted by molar-refractivity contribution is -0.145. The van der Waals surface area contributed by atoms with Crippen molar-refractivity contribution in [2.24, 2.45) is 0 Å². The Balaban J connectivity index is 4.06. The minimum atomic E-state index is -1.14. The van der Waals surface area contributed by atoms with Crippen molar-refractivity contribution in [1.82, 2.24) is 5.32 Å². The van der Waals surface area contributed by atoms with Gasteiger partial charge in [0.15, 0.2) is 6.04 Å². The summed E-state index contributed by atoms with van der Waals surface area (Å²) >= 11 is 0. The highest BCUT2D eigenvalue weighted by atomic mass is 16.6. The Kier molecular flexibility index (Phi) is 7.52. The van der Waals surface area contributed by atoms with E-state index in [1.807, 2.05) is 0 Å². The number of carbonyl (C=O) groups is 2. The first kappa shape index (κ1) is 14.2. The van der Waals surface area contributed by atoms with Crippen LogP contribution in [-0.2, 0) is 14.3 Å². The van der Waals surface area contributed by atoms with Crippen molar-refractivity contribution in [2.75, 3.05) is 19.8 Å². The molecular formula is C10H15NO5. The van der Waals surface area contributed by atoms with Crippen molar-refractivity contribution < 1.29 is 24.2 Å². The number of aliphatic hydroxyl groups excluding tert-OH is 1. The van der Waals surface area contributed by atoms with Crippen LogP contribution < -0.4 is 5.32 Å². The van der Waals surface area contributed by atoms with Crippen LogP contribution in [0.1, 0.15) is 0 Å². The van der Waals surface area contributed by atoms with Crippen molar-refractivity contribution in [2.45, 2.75) is 6.04 Å². The Hall–Kier alpha value is -1.82. The molecule has 90 valence electrons. The summed E-state index contributed by atoms with van der Waals surface area (Å²) in [6, 6.07) is -1.14. The molecule has 0 rings (SSSR count). The van der Waals surface area contributed by atoms with E-state index in [2.05, 4.69) is 27.9 Å². The molecule has 0 aromatic heterocycles. The van der Waals surface area contributed by atoms with Gasteiger partial charge in [-0.15, -0.1) is 0 Å². The second-order valence-corrected chi connectivity index (χ2v) is 2.69. The summed E-state index contributed by atoms with van der Waals surface area (Å²) < 4.78 is 9.21. The Bertz CT molecular complexity index is 264. The predicted octanol–water partition coefficient (Wildman–Crippen LogP) is -0.0113. The molecule has 0 aliphatic heterocycles. The fourth-order valence-electron chi connectivity index (χ4n) is 0.739. The third-order valence-electron chi connectivity index (χ3n) is 1.43. The first-order valence-corrected chi connectivity index (χ1v) is 4.58. The number of hydrogen-bond acceptors (Lipinski definition) is 5. The van der Waals surface area contributed by atoms with Gasteiger partial charge in [0.25, 0.3) is 0 Å². The van der Waals surface area contributed by atoms with Crippen LogP contribution in [0.3, 0.4) is 0 Å². The van der Waals surface area contributed by atoms with Gasteiger partial charge in [-0.25, -0.2) is 9.59 Å². The molecule has 0 unspecified atom stereocenters. The molecule has 0 fully saturated rings. The minimum Gasteiger partial charge on any atom is -0.460 e. The third kappa shape index (κ3) is 5.82. The summed E-state index contributed by atoms with van der Waals surface area (Å²) in [6.07, 6.45) is 1.93. The first-order chi connectivity index (χ1) is 7.65. The van der Waals surface area contributed by atoms with Gasteiger partial charge in [-0.2, -0.15) is 0 Å². The highest BCUT2D eigenvalue weighted by molar-refractivity contribution is 5.81. The standard InChI is InChI=1S/C10H15NO5/c1-3-5-15-9(13)8(7-12)11-10(14)16-6-4-2/h3-4,8,12H,1-2,5-7H2,(H,11,14)/t8-/m1/s1. The van der Waals surface area contributed by atoms with Crippen molar-refractivity contribution in [3.63, 3.8) is 0 Å². The Morgan fingerprint density at radius 1 is 1.25 bits per heavy atom. The van der Waals surface area contributed by atoms with E-state index < -0.39 is 24.7 Å². The second kappa shape index (κ2) is 8.49. The maximum absolute atomic E-state index is 11.2. The van der Waals surface area contributed by atoms with Gasteiger partial charge in [-0.3, -0.25) is 0 Å². The molecule has 0 heterocycles. The monoisotopic (exact) mass is 229 g/mol. The van der Waals surface area contributed by atoms with Gasteiger partial charge in [0.2, 0.25) is 0 Å². The van der Waals surface area contributed by atoms with Crippen LogP contribution in [-0.4, -0.2) is 43.0 Å². The van der Waals surface area contributed by atoms with Crippen LogP contribution in [0.2, 0.25) is 0 Å². The van der Waals surface area contributed by atoms with E-state index in [1.54, 1.807) is 0 Å². The lowest BCUT2D eigenvalue weighted by Crippen LogP contribution is -2.44. The maximum Gasteiger partial charge on any atom is 0.408 e. The van der Waals surface area contributed by atoms with Gasteiger partial charge in [-0.1, -0.05) is 25.3 Å². The average Bonchev–Trinajstić information content (AvgIpc) is 2.30. The van der Waals surface area contributed by atoms with Crippen LogP contribution in [0.15, 0.2) is 25.3 Å².